The molecule has 0 spiro atoms. The SMILES string of the molecule is Cc1ccc2cc(C(C)N)oc2c1C. The van der Waals surface area contributed by atoms with Crippen LogP contribution in [0.4, 0.5) is 0 Å². The molecule has 0 radical (unpaired) electrons. The van der Waals surface area contributed by atoms with Crippen molar-refractivity contribution in [2.75, 3.05) is 0 Å². The first-order valence-electron chi connectivity index (χ1n) is 4.85. The molecule has 0 aliphatic heterocycles. The minimum atomic E-state index is -0.0397. The van der Waals surface area contributed by atoms with Crippen LogP contribution in [0, 0.1) is 13.8 Å². The molecule has 74 valence electrons. The molecule has 0 aliphatic carbocycles. The highest BCUT2D eigenvalue weighted by molar-refractivity contribution is 5.82. The zero-order valence-corrected chi connectivity index (χ0v) is 8.79. The summed E-state index contributed by atoms with van der Waals surface area (Å²) >= 11 is 0. The summed E-state index contributed by atoms with van der Waals surface area (Å²) in [5.41, 5.74) is 9.20. The third kappa shape index (κ3) is 1.32. The zero-order chi connectivity index (χ0) is 10.3. The molecule has 2 rings (SSSR count). The molecule has 1 heterocycles. The van der Waals surface area contributed by atoms with E-state index >= 15 is 0 Å². The first-order chi connectivity index (χ1) is 6.59. The van der Waals surface area contributed by atoms with Gasteiger partial charge in [-0.2, -0.15) is 0 Å². The van der Waals surface area contributed by atoms with E-state index in [1.807, 2.05) is 13.0 Å². The van der Waals surface area contributed by atoms with Crippen molar-refractivity contribution in [3.63, 3.8) is 0 Å². The Morgan fingerprint density at radius 1 is 1.29 bits per heavy atom. The van der Waals surface area contributed by atoms with Gasteiger partial charge in [0.25, 0.3) is 0 Å². The number of benzene rings is 1. The lowest BCUT2D eigenvalue weighted by Gasteiger charge is -1.99. The summed E-state index contributed by atoms with van der Waals surface area (Å²) in [5, 5.41) is 1.14. The minimum Gasteiger partial charge on any atom is -0.459 e. The van der Waals surface area contributed by atoms with Crippen LogP contribution in [0.25, 0.3) is 11.0 Å². The molecule has 2 heteroatoms. The molecule has 0 saturated heterocycles. The van der Waals surface area contributed by atoms with Crippen molar-refractivity contribution >= 4 is 11.0 Å². The summed E-state index contributed by atoms with van der Waals surface area (Å²) in [7, 11) is 0. The van der Waals surface area contributed by atoms with Gasteiger partial charge in [0.2, 0.25) is 0 Å². The second-order valence-electron chi connectivity index (χ2n) is 3.86. The van der Waals surface area contributed by atoms with Gasteiger partial charge in [-0.3, -0.25) is 0 Å². The average molecular weight is 189 g/mol. The molecule has 2 aromatic rings. The monoisotopic (exact) mass is 189 g/mol. The van der Waals surface area contributed by atoms with Crippen molar-refractivity contribution in [2.24, 2.45) is 5.73 Å². The Hall–Kier alpha value is -1.28. The topological polar surface area (TPSA) is 39.2 Å². The van der Waals surface area contributed by atoms with Gasteiger partial charge >= 0.3 is 0 Å². The summed E-state index contributed by atoms with van der Waals surface area (Å²) in [6, 6.07) is 6.17. The lowest BCUT2D eigenvalue weighted by molar-refractivity contribution is 0.511. The second-order valence-corrected chi connectivity index (χ2v) is 3.86. The number of aryl methyl sites for hydroxylation is 2. The van der Waals surface area contributed by atoms with E-state index in [1.54, 1.807) is 0 Å². The summed E-state index contributed by atoms with van der Waals surface area (Å²) < 4.78 is 5.72. The number of rotatable bonds is 1. The van der Waals surface area contributed by atoms with E-state index in [1.165, 1.54) is 11.1 Å². The number of nitrogens with two attached hydrogens (primary N) is 1. The molecule has 2 nitrogen and oxygen atoms in total. The first kappa shape index (κ1) is 9.28. The van der Waals surface area contributed by atoms with Crippen LogP contribution in [0.3, 0.4) is 0 Å². The average Bonchev–Trinajstić information content (AvgIpc) is 2.56. The molecule has 14 heavy (non-hydrogen) atoms. The standard InChI is InChI=1S/C12H15NO/c1-7-4-5-10-6-11(9(3)13)14-12(10)8(7)2/h4-6,9H,13H2,1-3H3. The third-order valence-corrected chi connectivity index (χ3v) is 2.67. The van der Waals surface area contributed by atoms with Crippen LogP contribution in [0.2, 0.25) is 0 Å². The van der Waals surface area contributed by atoms with Crippen LogP contribution in [-0.4, -0.2) is 0 Å². The lowest BCUT2D eigenvalue weighted by atomic mass is 10.1. The predicted octanol–water partition coefficient (Wildman–Crippen LogP) is 3.07. The molecule has 0 fully saturated rings. The highest BCUT2D eigenvalue weighted by Crippen LogP contribution is 2.27. The van der Waals surface area contributed by atoms with E-state index in [0.29, 0.717) is 0 Å². The summed E-state index contributed by atoms with van der Waals surface area (Å²) in [6.45, 7) is 6.09. The maximum absolute atomic E-state index is 5.77. The first-order valence-corrected chi connectivity index (χ1v) is 4.85. The van der Waals surface area contributed by atoms with Crippen LogP contribution in [0.15, 0.2) is 22.6 Å². The highest BCUT2D eigenvalue weighted by Gasteiger charge is 2.09. The molecule has 0 amide bonds. The van der Waals surface area contributed by atoms with Gasteiger partial charge in [0.1, 0.15) is 11.3 Å². The number of fused-ring (bicyclic) bond motifs is 1. The fourth-order valence-corrected chi connectivity index (χ4v) is 1.59. The van der Waals surface area contributed by atoms with E-state index in [-0.39, 0.29) is 6.04 Å². The molecule has 2 N–H and O–H groups in total. The van der Waals surface area contributed by atoms with Gasteiger partial charge in [0.15, 0.2) is 0 Å². The van der Waals surface area contributed by atoms with E-state index in [9.17, 15) is 0 Å². The van der Waals surface area contributed by atoms with Gasteiger partial charge < -0.3 is 10.2 Å². The molecular formula is C12H15NO. The summed E-state index contributed by atoms with van der Waals surface area (Å²) in [6.07, 6.45) is 0. The Balaban J connectivity index is 2.71. The summed E-state index contributed by atoms with van der Waals surface area (Å²) in [5.74, 6) is 0.855. The molecule has 1 unspecified atom stereocenters. The van der Waals surface area contributed by atoms with E-state index in [0.717, 1.165) is 16.7 Å². The Morgan fingerprint density at radius 2 is 2.00 bits per heavy atom. The fourth-order valence-electron chi connectivity index (χ4n) is 1.59. The van der Waals surface area contributed by atoms with Crippen molar-refractivity contribution in [3.8, 4) is 0 Å². The maximum atomic E-state index is 5.77. The Bertz CT molecular complexity index is 468. The Kier molecular flexibility index (Phi) is 2.08. The van der Waals surface area contributed by atoms with Gasteiger partial charge in [-0.15, -0.1) is 0 Å². The number of hydrogen-bond donors (Lipinski definition) is 1. The number of furan rings is 1. The second kappa shape index (κ2) is 3.14. The molecule has 0 bridgehead atoms. The van der Waals surface area contributed by atoms with E-state index in [2.05, 4.69) is 26.0 Å². The molecule has 1 atom stereocenters. The third-order valence-electron chi connectivity index (χ3n) is 2.67. The Morgan fingerprint density at radius 3 is 2.64 bits per heavy atom. The highest BCUT2D eigenvalue weighted by atomic mass is 16.3. The predicted molar refractivity (Wildman–Crippen MR) is 58.3 cm³/mol. The molecular weight excluding hydrogens is 174 g/mol. The molecule has 0 aliphatic rings. The summed E-state index contributed by atoms with van der Waals surface area (Å²) in [4.78, 5) is 0. The Labute approximate surface area is 83.7 Å². The van der Waals surface area contributed by atoms with Crippen LogP contribution in [-0.2, 0) is 0 Å². The lowest BCUT2D eigenvalue weighted by Crippen LogP contribution is -2.02. The van der Waals surface area contributed by atoms with Crippen molar-refractivity contribution in [1.29, 1.82) is 0 Å². The maximum Gasteiger partial charge on any atom is 0.137 e. The molecule has 0 saturated carbocycles. The van der Waals surface area contributed by atoms with Gasteiger partial charge in [0, 0.05) is 5.39 Å². The smallest absolute Gasteiger partial charge is 0.137 e. The van der Waals surface area contributed by atoms with Crippen LogP contribution in [0.5, 0.6) is 0 Å². The zero-order valence-electron chi connectivity index (χ0n) is 8.79. The minimum absolute atomic E-state index is 0.0397. The van der Waals surface area contributed by atoms with Gasteiger partial charge in [-0.25, -0.2) is 0 Å². The van der Waals surface area contributed by atoms with E-state index in [4.69, 9.17) is 10.2 Å². The normalized spacial score (nSPS) is 13.4. The van der Waals surface area contributed by atoms with Crippen molar-refractivity contribution in [1.82, 2.24) is 0 Å². The quantitative estimate of drug-likeness (QED) is 0.748. The molecule has 1 aromatic heterocycles. The van der Waals surface area contributed by atoms with E-state index < -0.39 is 0 Å². The van der Waals surface area contributed by atoms with Crippen molar-refractivity contribution in [2.45, 2.75) is 26.8 Å². The van der Waals surface area contributed by atoms with Crippen LogP contribution < -0.4 is 5.73 Å². The molecule has 1 aromatic carbocycles. The largest absolute Gasteiger partial charge is 0.459 e. The fraction of sp³-hybridized carbons (Fsp3) is 0.333. The van der Waals surface area contributed by atoms with Crippen molar-refractivity contribution < 1.29 is 4.42 Å². The van der Waals surface area contributed by atoms with Gasteiger partial charge in [-0.1, -0.05) is 12.1 Å². The van der Waals surface area contributed by atoms with Crippen LogP contribution >= 0.6 is 0 Å². The van der Waals surface area contributed by atoms with Gasteiger partial charge in [-0.05, 0) is 38.0 Å². The van der Waals surface area contributed by atoms with Crippen LogP contribution in [0.1, 0.15) is 29.9 Å². The van der Waals surface area contributed by atoms with Gasteiger partial charge in [0.05, 0.1) is 6.04 Å². The number of hydrogen-bond acceptors (Lipinski definition) is 2. The van der Waals surface area contributed by atoms with Crippen molar-refractivity contribution in [3.05, 3.63) is 35.1 Å².